The van der Waals surface area contributed by atoms with Gasteiger partial charge in [0.2, 0.25) is 0 Å². The zero-order valence-electron chi connectivity index (χ0n) is 14.4. The Morgan fingerprint density at radius 1 is 1.24 bits per heavy atom. The normalized spacial score (nSPS) is 13.0. The fourth-order valence-electron chi connectivity index (χ4n) is 1.92. The van der Waals surface area contributed by atoms with Crippen LogP contribution in [-0.4, -0.2) is 54.0 Å². The minimum atomic E-state index is -0.554. The quantitative estimate of drug-likeness (QED) is 0.609. The van der Waals surface area contributed by atoms with Crippen molar-refractivity contribution in [1.29, 1.82) is 0 Å². The minimum absolute atomic E-state index is 0.298. The van der Waals surface area contributed by atoms with E-state index in [1.807, 2.05) is 20.8 Å². The van der Waals surface area contributed by atoms with E-state index in [2.05, 4.69) is 12.2 Å². The zero-order chi connectivity index (χ0) is 16.3. The molecule has 2 N–H and O–H groups in total. The minimum Gasteiger partial charge on any atom is -0.444 e. The lowest BCUT2D eigenvalue weighted by Gasteiger charge is -2.28. The number of carbonyl (C=O) groups excluding carboxylic acids is 1. The van der Waals surface area contributed by atoms with Crippen molar-refractivity contribution in [3.8, 4) is 0 Å². The third-order valence-corrected chi connectivity index (χ3v) is 2.90. The summed E-state index contributed by atoms with van der Waals surface area (Å²) in [6, 6.07) is 0. The van der Waals surface area contributed by atoms with Gasteiger partial charge in [-0.15, -0.1) is 0 Å². The van der Waals surface area contributed by atoms with E-state index in [9.17, 15) is 9.90 Å². The van der Waals surface area contributed by atoms with E-state index in [4.69, 9.17) is 4.74 Å². The molecule has 0 saturated heterocycles. The molecule has 0 aliphatic heterocycles. The van der Waals surface area contributed by atoms with Crippen molar-refractivity contribution in [1.82, 2.24) is 10.2 Å². The molecule has 0 rings (SSSR count). The van der Waals surface area contributed by atoms with Gasteiger partial charge in [0.1, 0.15) is 5.60 Å². The Kier molecular flexibility index (Phi) is 10.4. The van der Waals surface area contributed by atoms with Crippen LogP contribution in [0.1, 0.15) is 60.3 Å². The highest BCUT2D eigenvalue weighted by Crippen LogP contribution is 2.10. The molecule has 0 heterocycles. The first-order valence-electron chi connectivity index (χ1n) is 8.13. The number of aliphatic hydroxyl groups is 1. The molecule has 0 saturated carbocycles. The predicted octanol–water partition coefficient (Wildman–Crippen LogP) is 2.77. The van der Waals surface area contributed by atoms with Gasteiger partial charge in [-0.1, -0.05) is 26.2 Å². The standard InChI is InChI=1S/C16H34N2O3/c1-6-7-8-9-10-17-11-12-18(13-14(2)19)15(20)21-16(3,4)5/h14,17,19H,6-13H2,1-5H3. The van der Waals surface area contributed by atoms with Gasteiger partial charge in [0, 0.05) is 19.6 Å². The van der Waals surface area contributed by atoms with Crippen LogP contribution in [0, 0.1) is 0 Å². The van der Waals surface area contributed by atoms with Gasteiger partial charge in [0.05, 0.1) is 6.10 Å². The highest BCUT2D eigenvalue weighted by Gasteiger charge is 2.22. The van der Waals surface area contributed by atoms with Crippen molar-refractivity contribution in [2.24, 2.45) is 0 Å². The summed E-state index contributed by atoms with van der Waals surface area (Å²) in [5, 5.41) is 12.8. The van der Waals surface area contributed by atoms with Gasteiger partial charge < -0.3 is 20.1 Å². The predicted molar refractivity (Wildman–Crippen MR) is 86.5 cm³/mol. The van der Waals surface area contributed by atoms with Crippen LogP contribution in [-0.2, 0) is 4.74 Å². The number of hydrogen-bond donors (Lipinski definition) is 2. The van der Waals surface area contributed by atoms with E-state index in [-0.39, 0.29) is 6.09 Å². The molecule has 126 valence electrons. The second-order valence-corrected chi connectivity index (χ2v) is 6.59. The SMILES string of the molecule is CCCCCCNCCN(CC(C)O)C(=O)OC(C)(C)C. The summed E-state index contributed by atoms with van der Waals surface area (Å²) in [6.07, 6.45) is 4.00. The highest BCUT2D eigenvalue weighted by molar-refractivity contribution is 5.68. The van der Waals surface area contributed by atoms with Crippen molar-refractivity contribution in [3.63, 3.8) is 0 Å². The summed E-state index contributed by atoms with van der Waals surface area (Å²) in [7, 11) is 0. The van der Waals surface area contributed by atoms with Crippen LogP contribution in [0.5, 0.6) is 0 Å². The van der Waals surface area contributed by atoms with Gasteiger partial charge in [-0.25, -0.2) is 4.79 Å². The first-order valence-corrected chi connectivity index (χ1v) is 8.13. The van der Waals surface area contributed by atoms with Crippen molar-refractivity contribution >= 4 is 6.09 Å². The number of rotatable bonds is 10. The number of unbranched alkanes of at least 4 members (excludes halogenated alkanes) is 3. The fraction of sp³-hybridized carbons (Fsp3) is 0.938. The van der Waals surface area contributed by atoms with Gasteiger partial charge in [-0.05, 0) is 40.7 Å². The van der Waals surface area contributed by atoms with Crippen LogP contribution >= 0.6 is 0 Å². The van der Waals surface area contributed by atoms with Crippen molar-refractivity contribution < 1.29 is 14.6 Å². The van der Waals surface area contributed by atoms with Gasteiger partial charge in [-0.2, -0.15) is 0 Å². The lowest BCUT2D eigenvalue weighted by atomic mass is 10.2. The third kappa shape index (κ3) is 12.6. The molecular weight excluding hydrogens is 268 g/mol. The number of amides is 1. The number of aliphatic hydroxyl groups excluding tert-OH is 1. The molecule has 21 heavy (non-hydrogen) atoms. The summed E-state index contributed by atoms with van der Waals surface area (Å²) >= 11 is 0. The zero-order valence-corrected chi connectivity index (χ0v) is 14.4. The second kappa shape index (κ2) is 10.9. The maximum absolute atomic E-state index is 12.1. The average molecular weight is 302 g/mol. The Labute approximate surface area is 130 Å². The van der Waals surface area contributed by atoms with Crippen molar-refractivity contribution in [2.75, 3.05) is 26.2 Å². The van der Waals surface area contributed by atoms with Crippen LogP contribution in [0.25, 0.3) is 0 Å². The topological polar surface area (TPSA) is 61.8 Å². The Morgan fingerprint density at radius 2 is 1.90 bits per heavy atom. The number of ether oxygens (including phenoxy) is 1. The number of nitrogens with zero attached hydrogens (tertiary/aromatic N) is 1. The summed E-state index contributed by atoms with van der Waals surface area (Å²) < 4.78 is 5.36. The van der Waals surface area contributed by atoms with E-state index in [0.29, 0.717) is 13.1 Å². The second-order valence-electron chi connectivity index (χ2n) is 6.59. The Bertz CT molecular complexity index is 275. The molecular formula is C16H34N2O3. The van der Waals surface area contributed by atoms with Gasteiger partial charge in [0.25, 0.3) is 0 Å². The fourth-order valence-corrected chi connectivity index (χ4v) is 1.92. The van der Waals surface area contributed by atoms with Crippen LogP contribution in [0.3, 0.4) is 0 Å². The molecule has 0 aromatic heterocycles. The van der Waals surface area contributed by atoms with Gasteiger partial charge in [-0.3, -0.25) is 0 Å². The molecule has 0 aliphatic carbocycles. The Morgan fingerprint density at radius 3 is 2.43 bits per heavy atom. The van der Waals surface area contributed by atoms with Crippen molar-refractivity contribution in [3.05, 3.63) is 0 Å². The summed E-state index contributed by atoms with van der Waals surface area (Å²) in [4.78, 5) is 13.6. The average Bonchev–Trinajstić information content (AvgIpc) is 2.33. The number of hydrogen-bond acceptors (Lipinski definition) is 4. The summed E-state index contributed by atoms with van der Waals surface area (Å²) in [5.74, 6) is 0. The number of nitrogens with one attached hydrogen (secondary N) is 1. The maximum atomic E-state index is 12.1. The summed E-state index contributed by atoms with van der Waals surface area (Å²) in [5.41, 5.74) is -0.512. The molecule has 0 bridgehead atoms. The summed E-state index contributed by atoms with van der Waals surface area (Å²) in [6.45, 7) is 11.9. The molecule has 1 atom stereocenters. The molecule has 0 fully saturated rings. The van der Waals surface area contributed by atoms with Crippen molar-refractivity contribution in [2.45, 2.75) is 72.0 Å². The van der Waals surface area contributed by atoms with Crippen LogP contribution in [0.4, 0.5) is 4.79 Å². The monoisotopic (exact) mass is 302 g/mol. The lowest BCUT2D eigenvalue weighted by Crippen LogP contribution is -2.43. The van der Waals surface area contributed by atoms with E-state index in [1.54, 1.807) is 11.8 Å². The van der Waals surface area contributed by atoms with E-state index in [1.165, 1.54) is 19.3 Å². The highest BCUT2D eigenvalue weighted by atomic mass is 16.6. The van der Waals surface area contributed by atoms with Crippen LogP contribution < -0.4 is 5.32 Å². The first-order chi connectivity index (χ1) is 9.76. The number of carbonyl (C=O) groups is 1. The smallest absolute Gasteiger partial charge is 0.410 e. The molecule has 5 nitrogen and oxygen atoms in total. The Hall–Kier alpha value is -0.810. The molecule has 1 amide bonds. The Balaban J connectivity index is 4.04. The molecule has 0 spiro atoms. The molecule has 0 aliphatic rings. The largest absolute Gasteiger partial charge is 0.444 e. The molecule has 0 aromatic rings. The van der Waals surface area contributed by atoms with E-state index in [0.717, 1.165) is 19.5 Å². The maximum Gasteiger partial charge on any atom is 0.410 e. The molecule has 1 unspecified atom stereocenters. The molecule has 0 radical (unpaired) electrons. The van der Waals surface area contributed by atoms with Gasteiger partial charge >= 0.3 is 6.09 Å². The molecule has 5 heteroatoms. The molecule has 0 aromatic carbocycles. The lowest BCUT2D eigenvalue weighted by molar-refractivity contribution is 0.0164. The van der Waals surface area contributed by atoms with Crippen LogP contribution in [0.2, 0.25) is 0 Å². The third-order valence-electron chi connectivity index (χ3n) is 2.90. The van der Waals surface area contributed by atoms with E-state index < -0.39 is 11.7 Å². The van der Waals surface area contributed by atoms with E-state index >= 15 is 0 Å². The van der Waals surface area contributed by atoms with Crippen LogP contribution in [0.15, 0.2) is 0 Å². The first kappa shape index (κ1) is 20.2. The van der Waals surface area contributed by atoms with Gasteiger partial charge in [0.15, 0.2) is 0 Å².